The van der Waals surface area contributed by atoms with E-state index in [2.05, 4.69) is 11.8 Å². The largest absolute Gasteiger partial charge is 0.298 e. The zero-order chi connectivity index (χ0) is 9.97. The first kappa shape index (κ1) is 10.2. The maximum Gasteiger partial charge on any atom is 0.148 e. The predicted octanol–water partition coefficient (Wildman–Crippen LogP) is 2.23. The fraction of sp³-hybridized carbons (Fsp3) is 0.917. The first-order valence-electron chi connectivity index (χ1n) is 6.05. The lowest BCUT2D eigenvalue weighted by Gasteiger charge is -2.34. The van der Waals surface area contributed by atoms with Gasteiger partial charge in [-0.2, -0.15) is 0 Å². The molecule has 2 nitrogen and oxygen atoms in total. The van der Waals surface area contributed by atoms with Gasteiger partial charge in [0.25, 0.3) is 0 Å². The molecule has 0 aromatic heterocycles. The maximum atomic E-state index is 11.2. The summed E-state index contributed by atoms with van der Waals surface area (Å²) in [5.74, 6) is 1.37. The molecule has 0 spiro atoms. The quantitative estimate of drug-likeness (QED) is 0.673. The third kappa shape index (κ3) is 2.17. The standard InChI is InChI=1S/C12H21NO/c1-2-10-4-3-5-11(8-10)13-7-6-12(14)9-13/h10-11H,2-9H2,1H3. The molecule has 1 saturated carbocycles. The molecule has 1 saturated heterocycles. The number of ketones is 1. The van der Waals surface area contributed by atoms with Gasteiger partial charge in [-0.3, -0.25) is 9.69 Å². The van der Waals surface area contributed by atoms with Gasteiger partial charge >= 0.3 is 0 Å². The smallest absolute Gasteiger partial charge is 0.148 e. The molecule has 0 N–H and O–H groups in total. The molecule has 2 heteroatoms. The van der Waals surface area contributed by atoms with Crippen LogP contribution in [0.3, 0.4) is 0 Å². The zero-order valence-corrected chi connectivity index (χ0v) is 9.17. The van der Waals surface area contributed by atoms with E-state index in [1.165, 1.54) is 32.1 Å². The number of hydrogen-bond acceptors (Lipinski definition) is 2. The van der Waals surface area contributed by atoms with Crippen LogP contribution in [0.15, 0.2) is 0 Å². The Morgan fingerprint density at radius 2 is 2.29 bits per heavy atom. The highest BCUT2D eigenvalue weighted by atomic mass is 16.1. The van der Waals surface area contributed by atoms with E-state index in [0.29, 0.717) is 5.78 Å². The Morgan fingerprint density at radius 3 is 2.93 bits per heavy atom. The van der Waals surface area contributed by atoms with Crippen molar-refractivity contribution < 1.29 is 4.79 Å². The Bertz CT molecular complexity index is 214. The van der Waals surface area contributed by atoms with Gasteiger partial charge in [0.1, 0.15) is 5.78 Å². The first-order chi connectivity index (χ1) is 6.79. The number of carbonyl (C=O) groups is 1. The summed E-state index contributed by atoms with van der Waals surface area (Å²) < 4.78 is 0. The van der Waals surface area contributed by atoms with Crippen molar-refractivity contribution in [3.63, 3.8) is 0 Å². The van der Waals surface area contributed by atoms with Gasteiger partial charge in [-0.05, 0) is 18.8 Å². The highest BCUT2D eigenvalue weighted by Crippen LogP contribution is 2.30. The minimum atomic E-state index is 0.448. The molecule has 2 rings (SSSR count). The van der Waals surface area contributed by atoms with Crippen LogP contribution in [0.4, 0.5) is 0 Å². The summed E-state index contributed by atoms with van der Waals surface area (Å²) in [5.41, 5.74) is 0. The number of likely N-dealkylation sites (tertiary alicyclic amines) is 1. The monoisotopic (exact) mass is 195 g/mol. The molecular weight excluding hydrogens is 174 g/mol. The molecule has 0 amide bonds. The van der Waals surface area contributed by atoms with Crippen LogP contribution in [0.1, 0.15) is 45.4 Å². The van der Waals surface area contributed by atoms with Crippen molar-refractivity contribution in [3.8, 4) is 0 Å². The molecule has 2 unspecified atom stereocenters. The molecule has 2 atom stereocenters. The van der Waals surface area contributed by atoms with E-state index >= 15 is 0 Å². The molecule has 0 aromatic carbocycles. The van der Waals surface area contributed by atoms with Gasteiger partial charge in [-0.25, -0.2) is 0 Å². The second-order valence-electron chi connectivity index (χ2n) is 4.85. The summed E-state index contributed by atoms with van der Waals surface area (Å²) in [6.45, 7) is 4.06. The first-order valence-corrected chi connectivity index (χ1v) is 6.05. The Kier molecular flexibility index (Phi) is 3.22. The highest BCUT2D eigenvalue weighted by molar-refractivity contribution is 5.82. The van der Waals surface area contributed by atoms with Crippen LogP contribution in [-0.2, 0) is 4.79 Å². The normalized spacial score (nSPS) is 35.1. The van der Waals surface area contributed by atoms with E-state index in [1.54, 1.807) is 0 Å². The van der Waals surface area contributed by atoms with Gasteiger partial charge in [0.15, 0.2) is 0 Å². The topological polar surface area (TPSA) is 20.3 Å². The third-order valence-corrected chi connectivity index (χ3v) is 3.91. The second-order valence-corrected chi connectivity index (χ2v) is 4.85. The molecule has 0 bridgehead atoms. The molecule has 1 aliphatic carbocycles. The molecule has 0 aromatic rings. The zero-order valence-electron chi connectivity index (χ0n) is 9.17. The fourth-order valence-corrected chi connectivity index (χ4v) is 2.93. The number of hydrogen-bond donors (Lipinski definition) is 0. The minimum absolute atomic E-state index is 0.448. The summed E-state index contributed by atoms with van der Waals surface area (Å²) in [6.07, 6.45) is 7.56. The van der Waals surface area contributed by atoms with Gasteiger partial charge in [0, 0.05) is 19.0 Å². The Hall–Kier alpha value is -0.370. The maximum absolute atomic E-state index is 11.2. The lowest BCUT2D eigenvalue weighted by molar-refractivity contribution is -0.117. The molecule has 0 radical (unpaired) electrons. The van der Waals surface area contributed by atoms with Crippen molar-refractivity contribution in [2.24, 2.45) is 5.92 Å². The van der Waals surface area contributed by atoms with Crippen LogP contribution in [0.5, 0.6) is 0 Å². The van der Waals surface area contributed by atoms with Crippen LogP contribution in [-0.4, -0.2) is 29.8 Å². The molecule has 80 valence electrons. The molecule has 14 heavy (non-hydrogen) atoms. The molecular formula is C12H21NO. The van der Waals surface area contributed by atoms with Gasteiger partial charge in [-0.15, -0.1) is 0 Å². The predicted molar refractivity (Wildman–Crippen MR) is 57.2 cm³/mol. The highest BCUT2D eigenvalue weighted by Gasteiger charge is 2.30. The van der Waals surface area contributed by atoms with E-state index in [1.807, 2.05) is 0 Å². The van der Waals surface area contributed by atoms with Crippen LogP contribution < -0.4 is 0 Å². The summed E-state index contributed by atoms with van der Waals surface area (Å²) in [7, 11) is 0. The SMILES string of the molecule is CCC1CCCC(N2CCC(=O)C2)C1. The summed E-state index contributed by atoms with van der Waals surface area (Å²) in [4.78, 5) is 13.6. The number of rotatable bonds is 2. The third-order valence-electron chi connectivity index (χ3n) is 3.91. The lowest BCUT2D eigenvalue weighted by atomic mass is 9.83. The summed E-state index contributed by atoms with van der Waals surface area (Å²) in [6, 6.07) is 0.722. The van der Waals surface area contributed by atoms with Crippen LogP contribution in [0.25, 0.3) is 0 Å². The average Bonchev–Trinajstić information content (AvgIpc) is 2.65. The minimum Gasteiger partial charge on any atom is -0.298 e. The van der Waals surface area contributed by atoms with E-state index in [4.69, 9.17) is 0 Å². The van der Waals surface area contributed by atoms with Crippen molar-refractivity contribution in [1.29, 1.82) is 0 Å². The van der Waals surface area contributed by atoms with Crippen LogP contribution in [0.2, 0.25) is 0 Å². The molecule has 2 fully saturated rings. The average molecular weight is 195 g/mol. The Morgan fingerprint density at radius 1 is 1.43 bits per heavy atom. The van der Waals surface area contributed by atoms with Gasteiger partial charge in [0.2, 0.25) is 0 Å². The van der Waals surface area contributed by atoms with Crippen LogP contribution in [0, 0.1) is 5.92 Å². The van der Waals surface area contributed by atoms with E-state index in [9.17, 15) is 4.79 Å². The molecule has 2 aliphatic rings. The van der Waals surface area contributed by atoms with Crippen molar-refractivity contribution in [1.82, 2.24) is 4.90 Å². The summed E-state index contributed by atoms with van der Waals surface area (Å²) >= 11 is 0. The van der Waals surface area contributed by atoms with Crippen molar-refractivity contribution in [2.45, 2.75) is 51.5 Å². The van der Waals surface area contributed by atoms with Crippen molar-refractivity contribution >= 4 is 5.78 Å². The lowest BCUT2D eigenvalue weighted by Crippen LogP contribution is -2.37. The number of carbonyl (C=O) groups excluding carboxylic acids is 1. The van der Waals surface area contributed by atoms with E-state index in [-0.39, 0.29) is 0 Å². The van der Waals surface area contributed by atoms with Crippen molar-refractivity contribution in [3.05, 3.63) is 0 Å². The Labute approximate surface area is 86.7 Å². The fourth-order valence-electron chi connectivity index (χ4n) is 2.93. The number of nitrogens with zero attached hydrogens (tertiary/aromatic N) is 1. The molecule has 1 aliphatic heterocycles. The van der Waals surface area contributed by atoms with E-state index < -0.39 is 0 Å². The number of Topliss-reactive ketones (excluding diaryl/α,β-unsaturated/α-hetero) is 1. The van der Waals surface area contributed by atoms with Gasteiger partial charge in [-0.1, -0.05) is 26.2 Å². The van der Waals surface area contributed by atoms with Crippen LogP contribution >= 0.6 is 0 Å². The second kappa shape index (κ2) is 4.43. The molecule has 1 heterocycles. The Balaban J connectivity index is 1.87. The van der Waals surface area contributed by atoms with Crippen molar-refractivity contribution in [2.75, 3.05) is 13.1 Å². The summed E-state index contributed by atoms with van der Waals surface area (Å²) in [5, 5.41) is 0. The van der Waals surface area contributed by atoms with Gasteiger partial charge in [0.05, 0.1) is 6.54 Å². The van der Waals surface area contributed by atoms with E-state index in [0.717, 1.165) is 31.5 Å². The van der Waals surface area contributed by atoms with Gasteiger partial charge < -0.3 is 0 Å².